The van der Waals surface area contributed by atoms with Gasteiger partial charge in [-0.25, -0.2) is 0 Å². The van der Waals surface area contributed by atoms with Crippen LogP contribution in [-0.4, -0.2) is 4.98 Å². The van der Waals surface area contributed by atoms with Crippen molar-refractivity contribution in [2.24, 2.45) is 0 Å². The lowest BCUT2D eigenvalue weighted by atomic mass is 9.87. The van der Waals surface area contributed by atoms with Gasteiger partial charge in [0.1, 0.15) is 0 Å². The fourth-order valence-corrected chi connectivity index (χ4v) is 4.25. The second-order valence-corrected chi connectivity index (χ2v) is 7.54. The van der Waals surface area contributed by atoms with Crippen LogP contribution in [-0.2, 0) is 0 Å². The first-order valence-corrected chi connectivity index (χ1v) is 9.64. The van der Waals surface area contributed by atoms with Gasteiger partial charge in [-0.2, -0.15) is 0 Å². The summed E-state index contributed by atoms with van der Waals surface area (Å²) < 4.78 is 0. The summed E-state index contributed by atoms with van der Waals surface area (Å²) in [6, 6.07) is 12.7. The smallest absolute Gasteiger partial charge is 0.0471 e. The van der Waals surface area contributed by atoms with Crippen LogP contribution in [0.2, 0.25) is 5.02 Å². The number of nitrogens with one attached hydrogen (secondary N) is 1. The molecule has 1 N–H and O–H groups in total. The van der Waals surface area contributed by atoms with E-state index in [0.717, 1.165) is 36.2 Å². The third kappa shape index (κ3) is 2.73. The molecule has 2 aliphatic carbocycles. The number of rotatable bonds is 2. The van der Waals surface area contributed by atoms with Gasteiger partial charge in [-0.1, -0.05) is 54.1 Å². The van der Waals surface area contributed by atoms with Crippen LogP contribution in [0.15, 0.2) is 77.9 Å². The molecule has 2 heteroatoms. The Labute approximate surface area is 158 Å². The van der Waals surface area contributed by atoms with Crippen molar-refractivity contribution in [3.8, 4) is 0 Å². The van der Waals surface area contributed by atoms with Crippen LogP contribution in [0.5, 0.6) is 0 Å². The van der Waals surface area contributed by atoms with Gasteiger partial charge < -0.3 is 4.98 Å². The Kier molecular flexibility index (Phi) is 3.83. The summed E-state index contributed by atoms with van der Waals surface area (Å²) in [4.78, 5) is 3.53. The van der Waals surface area contributed by atoms with E-state index in [1.165, 1.54) is 38.6 Å². The molecule has 0 amide bonds. The SMILES string of the molecule is Clc1ccc2[nH]c3cc(C4=CCCC(C5=CC=CCC5)=C4)ccc3c2c1. The zero-order chi connectivity index (χ0) is 17.5. The molecule has 1 nitrogen and oxygen atoms in total. The molecular formula is C24H20ClN. The Hall–Kier alpha value is -2.51. The van der Waals surface area contributed by atoms with E-state index >= 15 is 0 Å². The van der Waals surface area contributed by atoms with E-state index in [1.54, 1.807) is 0 Å². The van der Waals surface area contributed by atoms with E-state index in [9.17, 15) is 0 Å². The lowest BCUT2D eigenvalue weighted by Gasteiger charge is -2.18. The molecule has 26 heavy (non-hydrogen) atoms. The van der Waals surface area contributed by atoms with Crippen molar-refractivity contribution < 1.29 is 0 Å². The Morgan fingerprint density at radius 2 is 1.77 bits per heavy atom. The van der Waals surface area contributed by atoms with E-state index in [1.807, 2.05) is 12.1 Å². The van der Waals surface area contributed by atoms with Crippen LogP contribution in [0.25, 0.3) is 27.4 Å². The van der Waals surface area contributed by atoms with Gasteiger partial charge in [0.05, 0.1) is 0 Å². The average Bonchev–Trinajstić information content (AvgIpc) is 3.06. The van der Waals surface area contributed by atoms with Gasteiger partial charge in [0.2, 0.25) is 0 Å². The van der Waals surface area contributed by atoms with Gasteiger partial charge in [0, 0.05) is 26.8 Å². The molecule has 0 radical (unpaired) electrons. The van der Waals surface area contributed by atoms with Crippen molar-refractivity contribution >= 4 is 39.0 Å². The quantitative estimate of drug-likeness (QED) is 0.493. The second-order valence-electron chi connectivity index (χ2n) is 7.10. The summed E-state index contributed by atoms with van der Waals surface area (Å²) in [5.41, 5.74) is 7.91. The van der Waals surface area contributed by atoms with E-state index < -0.39 is 0 Å². The maximum absolute atomic E-state index is 6.18. The van der Waals surface area contributed by atoms with Crippen LogP contribution in [0.4, 0.5) is 0 Å². The summed E-state index contributed by atoms with van der Waals surface area (Å²) in [6.45, 7) is 0. The number of allylic oxidation sites excluding steroid dienone is 8. The molecule has 0 spiro atoms. The van der Waals surface area contributed by atoms with Crippen molar-refractivity contribution in [3.05, 3.63) is 88.5 Å². The van der Waals surface area contributed by atoms with E-state index in [-0.39, 0.29) is 0 Å². The Morgan fingerprint density at radius 3 is 2.65 bits per heavy atom. The minimum Gasteiger partial charge on any atom is -0.354 e. The fraction of sp³-hybridized carbons (Fsp3) is 0.167. The summed E-state index contributed by atoms with van der Waals surface area (Å²) in [5.74, 6) is 0. The number of aromatic amines is 1. The molecule has 128 valence electrons. The van der Waals surface area contributed by atoms with Crippen molar-refractivity contribution in [2.75, 3.05) is 0 Å². The number of aromatic nitrogens is 1. The summed E-state index contributed by atoms with van der Waals surface area (Å²) in [6.07, 6.45) is 16.1. The first kappa shape index (κ1) is 15.7. The number of halogens is 1. The van der Waals surface area contributed by atoms with Gasteiger partial charge >= 0.3 is 0 Å². The minimum absolute atomic E-state index is 0.778. The Morgan fingerprint density at radius 1 is 0.846 bits per heavy atom. The number of hydrogen-bond donors (Lipinski definition) is 1. The van der Waals surface area contributed by atoms with Crippen molar-refractivity contribution in [1.82, 2.24) is 4.98 Å². The average molecular weight is 358 g/mol. The monoisotopic (exact) mass is 357 g/mol. The normalized spacial score (nSPS) is 17.3. The van der Waals surface area contributed by atoms with Crippen LogP contribution in [0.1, 0.15) is 31.2 Å². The topological polar surface area (TPSA) is 15.8 Å². The highest BCUT2D eigenvalue weighted by Gasteiger charge is 2.13. The number of hydrogen-bond acceptors (Lipinski definition) is 0. The van der Waals surface area contributed by atoms with Crippen LogP contribution in [0.3, 0.4) is 0 Å². The molecule has 0 unspecified atom stereocenters. The zero-order valence-corrected chi connectivity index (χ0v) is 15.3. The lowest BCUT2D eigenvalue weighted by molar-refractivity contribution is 0.900. The van der Waals surface area contributed by atoms with Gasteiger partial charge in [0.25, 0.3) is 0 Å². The Bertz CT molecular complexity index is 1140. The highest BCUT2D eigenvalue weighted by molar-refractivity contribution is 6.31. The van der Waals surface area contributed by atoms with E-state index in [2.05, 4.69) is 59.6 Å². The molecule has 0 saturated heterocycles. The number of H-pyrrole nitrogens is 1. The summed E-state index contributed by atoms with van der Waals surface area (Å²) in [7, 11) is 0. The number of benzene rings is 2. The molecule has 0 fully saturated rings. The molecule has 2 aliphatic rings. The molecule has 2 aromatic carbocycles. The van der Waals surface area contributed by atoms with Gasteiger partial charge in [0.15, 0.2) is 0 Å². The van der Waals surface area contributed by atoms with Crippen molar-refractivity contribution in [2.45, 2.75) is 25.7 Å². The molecule has 0 aliphatic heterocycles. The highest BCUT2D eigenvalue weighted by Crippen LogP contribution is 2.34. The van der Waals surface area contributed by atoms with Gasteiger partial charge in [-0.3, -0.25) is 0 Å². The maximum atomic E-state index is 6.18. The van der Waals surface area contributed by atoms with Crippen LogP contribution < -0.4 is 0 Å². The van der Waals surface area contributed by atoms with E-state index in [0.29, 0.717) is 0 Å². The Balaban J connectivity index is 1.57. The third-order valence-corrected chi connectivity index (χ3v) is 5.66. The predicted molar refractivity (Wildman–Crippen MR) is 113 cm³/mol. The minimum atomic E-state index is 0.778. The highest BCUT2D eigenvalue weighted by atomic mass is 35.5. The van der Waals surface area contributed by atoms with Crippen LogP contribution in [0, 0.1) is 0 Å². The standard InChI is InChI=1S/C24H20ClN/c25-20-10-12-23-22(15-20)21-11-9-19(14-24(21)26-23)18-8-4-7-17(13-18)16-5-2-1-3-6-16/h1-2,5,8-15,26H,3-4,6-7H2. The number of fused-ring (bicyclic) bond motifs is 3. The molecular weight excluding hydrogens is 338 g/mol. The molecule has 0 atom stereocenters. The molecule has 1 aromatic heterocycles. The molecule has 5 rings (SSSR count). The lowest BCUT2D eigenvalue weighted by Crippen LogP contribution is -1.98. The largest absolute Gasteiger partial charge is 0.354 e. The van der Waals surface area contributed by atoms with Crippen molar-refractivity contribution in [3.63, 3.8) is 0 Å². The first-order valence-electron chi connectivity index (χ1n) is 9.26. The zero-order valence-electron chi connectivity index (χ0n) is 14.6. The summed E-state index contributed by atoms with van der Waals surface area (Å²) >= 11 is 6.18. The first-order chi connectivity index (χ1) is 12.8. The van der Waals surface area contributed by atoms with Gasteiger partial charge in [-0.05, 0) is 72.2 Å². The molecule has 1 heterocycles. The van der Waals surface area contributed by atoms with Crippen molar-refractivity contribution in [1.29, 1.82) is 0 Å². The second kappa shape index (κ2) is 6.34. The summed E-state index contributed by atoms with van der Waals surface area (Å²) in [5, 5.41) is 3.19. The third-order valence-electron chi connectivity index (χ3n) is 5.43. The van der Waals surface area contributed by atoms with Gasteiger partial charge in [-0.15, -0.1) is 0 Å². The molecule has 0 saturated carbocycles. The van der Waals surface area contributed by atoms with E-state index in [4.69, 9.17) is 11.6 Å². The predicted octanol–water partition coefficient (Wildman–Crippen LogP) is 7.35. The molecule has 3 aromatic rings. The molecule has 0 bridgehead atoms. The van der Waals surface area contributed by atoms with Crippen LogP contribution >= 0.6 is 11.6 Å². The fourth-order valence-electron chi connectivity index (χ4n) is 4.08. The maximum Gasteiger partial charge on any atom is 0.0471 e.